The Bertz CT molecular complexity index is 1050. The lowest BCUT2D eigenvalue weighted by molar-refractivity contribution is 0.371. The fraction of sp³-hybridized carbons (Fsp3) is 0.200. The molecule has 0 amide bonds. The maximum Gasteiger partial charge on any atom is 0.325 e. The van der Waals surface area contributed by atoms with Gasteiger partial charge in [0, 0.05) is 6.16 Å². The first-order valence-electron chi connectivity index (χ1n) is 8.23. The Labute approximate surface area is 140 Å². The highest BCUT2D eigenvalue weighted by Gasteiger charge is 2.13. The van der Waals surface area contributed by atoms with Crippen LogP contribution >= 0.6 is 7.60 Å². The smallest absolute Gasteiger partial charge is 0.324 e. The maximum atomic E-state index is 11.0. The summed E-state index contributed by atoms with van der Waals surface area (Å²) in [6, 6.07) is 19.4. The molecule has 0 aliphatic rings. The van der Waals surface area contributed by atoms with Crippen molar-refractivity contribution in [3.63, 3.8) is 0 Å². The molecule has 0 saturated heterocycles. The van der Waals surface area contributed by atoms with Crippen molar-refractivity contribution >= 4 is 39.9 Å². The molecule has 4 heteroatoms. The second-order valence-corrected chi connectivity index (χ2v) is 8.20. The van der Waals surface area contributed by atoms with Gasteiger partial charge in [-0.1, -0.05) is 54.6 Å². The highest BCUT2D eigenvalue weighted by Crippen LogP contribution is 2.37. The molecule has 0 heterocycles. The minimum Gasteiger partial charge on any atom is -0.324 e. The molecule has 4 aromatic carbocycles. The van der Waals surface area contributed by atoms with Crippen LogP contribution in [0.25, 0.3) is 32.3 Å². The van der Waals surface area contributed by atoms with E-state index in [0.29, 0.717) is 6.42 Å². The zero-order chi connectivity index (χ0) is 16.7. The van der Waals surface area contributed by atoms with E-state index in [0.717, 1.165) is 12.8 Å². The molecule has 0 fully saturated rings. The van der Waals surface area contributed by atoms with Crippen molar-refractivity contribution in [1.29, 1.82) is 0 Å². The summed E-state index contributed by atoms with van der Waals surface area (Å²) in [5.74, 6) is 0. The van der Waals surface area contributed by atoms with Gasteiger partial charge in [-0.2, -0.15) is 0 Å². The predicted octanol–water partition coefficient (Wildman–Crippen LogP) is 5.08. The Morgan fingerprint density at radius 3 is 2.08 bits per heavy atom. The van der Waals surface area contributed by atoms with Gasteiger partial charge >= 0.3 is 7.60 Å². The normalized spacial score (nSPS) is 12.6. The first-order valence-corrected chi connectivity index (χ1v) is 10.0. The average Bonchev–Trinajstić information content (AvgIpc) is 2.56. The van der Waals surface area contributed by atoms with Gasteiger partial charge < -0.3 is 9.79 Å². The molecular formula is C20H19O3P. The van der Waals surface area contributed by atoms with Crippen molar-refractivity contribution in [3.8, 4) is 0 Å². The van der Waals surface area contributed by atoms with Crippen LogP contribution in [0, 0.1) is 0 Å². The molecule has 0 spiro atoms. The van der Waals surface area contributed by atoms with Crippen LogP contribution in [0.3, 0.4) is 0 Å². The van der Waals surface area contributed by atoms with Gasteiger partial charge in [0.1, 0.15) is 0 Å². The van der Waals surface area contributed by atoms with E-state index in [1.54, 1.807) is 0 Å². The molecule has 0 aliphatic heterocycles. The Hall–Kier alpha value is -1.93. The molecule has 0 bridgehead atoms. The van der Waals surface area contributed by atoms with Crippen LogP contribution in [0.2, 0.25) is 0 Å². The molecule has 24 heavy (non-hydrogen) atoms. The van der Waals surface area contributed by atoms with Gasteiger partial charge in [-0.3, -0.25) is 4.57 Å². The number of hydrogen-bond acceptors (Lipinski definition) is 1. The minimum atomic E-state index is -3.88. The van der Waals surface area contributed by atoms with Crippen LogP contribution in [0.4, 0.5) is 0 Å². The summed E-state index contributed by atoms with van der Waals surface area (Å²) in [5.41, 5.74) is 1.26. The number of unbranched alkanes of at least 4 members (excludes halogenated alkanes) is 1. The Kier molecular flexibility index (Phi) is 3.80. The van der Waals surface area contributed by atoms with Crippen LogP contribution in [-0.4, -0.2) is 15.9 Å². The van der Waals surface area contributed by atoms with E-state index in [1.807, 2.05) is 0 Å². The fourth-order valence-electron chi connectivity index (χ4n) is 3.65. The van der Waals surface area contributed by atoms with Crippen LogP contribution in [0.5, 0.6) is 0 Å². The number of benzene rings is 4. The van der Waals surface area contributed by atoms with E-state index >= 15 is 0 Å². The third-order valence-electron chi connectivity index (χ3n) is 4.76. The zero-order valence-electron chi connectivity index (χ0n) is 13.3. The summed E-state index contributed by atoms with van der Waals surface area (Å²) in [7, 11) is -3.88. The van der Waals surface area contributed by atoms with Crippen molar-refractivity contribution in [2.24, 2.45) is 0 Å². The van der Waals surface area contributed by atoms with Gasteiger partial charge in [-0.05, 0) is 57.1 Å². The van der Waals surface area contributed by atoms with E-state index in [2.05, 4.69) is 54.6 Å². The standard InChI is InChI=1S/C20H19O3P/c21-24(22,23)13-2-1-4-14-7-8-17-10-9-15-5-3-6-16-11-12-18(14)20(17)19(15)16/h3,5-12H,1-2,4,13H2,(H2,21,22,23). The van der Waals surface area contributed by atoms with Gasteiger partial charge in [0.15, 0.2) is 0 Å². The molecule has 4 rings (SSSR count). The molecule has 0 saturated carbocycles. The molecule has 0 aliphatic carbocycles. The summed E-state index contributed by atoms with van der Waals surface area (Å²) < 4.78 is 11.0. The summed E-state index contributed by atoms with van der Waals surface area (Å²) in [6.07, 6.45) is 2.15. The molecular weight excluding hydrogens is 319 g/mol. The van der Waals surface area contributed by atoms with Crippen LogP contribution < -0.4 is 0 Å². The maximum absolute atomic E-state index is 11.0. The van der Waals surface area contributed by atoms with Gasteiger partial charge in [-0.25, -0.2) is 0 Å². The lowest BCUT2D eigenvalue weighted by atomic mass is 9.91. The number of rotatable bonds is 5. The molecule has 0 atom stereocenters. The van der Waals surface area contributed by atoms with Crippen molar-refractivity contribution < 1.29 is 14.4 Å². The quantitative estimate of drug-likeness (QED) is 0.303. The van der Waals surface area contributed by atoms with E-state index in [4.69, 9.17) is 9.79 Å². The van der Waals surface area contributed by atoms with Gasteiger partial charge in [0.05, 0.1) is 0 Å². The number of hydrogen-bond donors (Lipinski definition) is 2. The van der Waals surface area contributed by atoms with E-state index in [9.17, 15) is 4.57 Å². The Morgan fingerprint density at radius 1 is 0.750 bits per heavy atom. The summed E-state index contributed by atoms with van der Waals surface area (Å²) in [4.78, 5) is 18.0. The zero-order valence-corrected chi connectivity index (χ0v) is 14.2. The van der Waals surface area contributed by atoms with Crippen LogP contribution in [-0.2, 0) is 11.0 Å². The van der Waals surface area contributed by atoms with Crippen molar-refractivity contribution in [1.82, 2.24) is 0 Å². The lowest BCUT2D eigenvalue weighted by Gasteiger charge is -2.14. The van der Waals surface area contributed by atoms with Crippen LogP contribution in [0.15, 0.2) is 54.6 Å². The molecule has 122 valence electrons. The fourth-order valence-corrected chi connectivity index (χ4v) is 4.28. The highest BCUT2D eigenvalue weighted by atomic mass is 31.2. The SMILES string of the molecule is O=P(O)(O)CCCCc1ccc2ccc3cccc4ccc1c2c34. The minimum absolute atomic E-state index is 0.0289. The molecule has 0 unspecified atom stereocenters. The van der Waals surface area contributed by atoms with E-state index in [1.165, 1.54) is 37.9 Å². The molecule has 2 N–H and O–H groups in total. The van der Waals surface area contributed by atoms with Crippen molar-refractivity contribution in [3.05, 3.63) is 60.2 Å². The van der Waals surface area contributed by atoms with Gasteiger partial charge in [0.2, 0.25) is 0 Å². The average molecular weight is 338 g/mol. The third kappa shape index (κ3) is 2.80. The molecule has 4 aromatic rings. The Morgan fingerprint density at radius 2 is 1.38 bits per heavy atom. The molecule has 0 aromatic heterocycles. The summed E-state index contributed by atoms with van der Waals surface area (Å²) >= 11 is 0. The van der Waals surface area contributed by atoms with Gasteiger partial charge in [-0.15, -0.1) is 0 Å². The largest absolute Gasteiger partial charge is 0.325 e. The van der Waals surface area contributed by atoms with Crippen molar-refractivity contribution in [2.75, 3.05) is 6.16 Å². The summed E-state index contributed by atoms with van der Waals surface area (Å²) in [5, 5.41) is 7.62. The van der Waals surface area contributed by atoms with Gasteiger partial charge in [0.25, 0.3) is 0 Å². The Balaban J connectivity index is 1.75. The number of aryl methyl sites for hydroxylation is 1. The second kappa shape index (κ2) is 5.86. The first kappa shape index (κ1) is 15.6. The van der Waals surface area contributed by atoms with Crippen LogP contribution in [0.1, 0.15) is 18.4 Å². The van der Waals surface area contributed by atoms with E-state index in [-0.39, 0.29) is 6.16 Å². The second-order valence-electron chi connectivity index (χ2n) is 6.43. The molecule has 3 nitrogen and oxygen atoms in total. The first-order chi connectivity index (χ1) is 11.5. The monoisotopic (exact) mass is 338 g/mol. The summed E-state index contributed by atoms with van der Waals surface area (Å²) in [6.45, 7) is 0. The lowest BCUT2D eigenvalue weighted by Crippen LogP contribution is -1.93. The third-order valence-corrected chi connectivity index (χ3v) is 5.66. The highest BCUT2D eigenvalue weighted by molar-refractivity contribution is 7.51. The topological polar surface area (TPSA) is 57.5 Å². The molecule has 0 radical (unpaired) electrons. The predicted molar refractivity (Wildman–Crippen MR) is 100.0 cm³/mol. The van der Waals surface area contributed by atoms with Crippen molar-refractivity contribution in [2.45, 2.75) is 19.3 Å². The van der Waals surface area contributed by atoms with E-state index < -0.39 is 7.60 Å².